The number of rotatable bonds is 7. The minimum Gasteiger partial charge on any atom is -0.353 e. The molecule has 24 heavy (non-hydrogen) atoms. The number of nitrogens with zero attached hydrogens (tertiary/aromatic N) is 1. The number of hydrogen-bond donors (Lipinski definition) is 1. The molecule has 1 aromatic heterocycles. The van der Waals surface area contributed by atoms with Crippen LogP contribution >= 0.6 is 23.1 Å². The minimum atomic E-state index is -0.0317. The van der Waals surface area contributed by atoms with E-state index >= 15 is 0 Å². The van der Waals surface area contributed by atoms with E-state index in [-0.39, 0.29) is 17.9 Å². The van der Waals surface area contributed by atoms with Crippen LogP contribution in [0.25, 0.3) is 0 Å². The molecule has 2 rings (SSSR count). The van der Waals surface area contributed by atoms with E-state index in [2.05, 4.69) is 5.32 Å². The smallest absolute Gasteiger partial charge is 0.255 e. The second-order valence-electron chi connectivity index (χ2n) is 5.75. The molecule has 2 aromatic rings. The highest BCUT2D eigenvalue weighted by molar-refractivity contribution is 8.00. The van der Waals surface area contributed by atoms with E-state index in [4.69, 9.17) is 0 Å². The van der Waals surface area contributed by atoms with E-state index in [1.807, 2.05) is 55.6 Å². The Balaban J connectivity index is 2.04. The van der Waals surface area contributed by atoms with E-state index < -0.39 is 0 Å². The zero-order valence-electron chi connectivity index (χ0n) is 14.1. The van der Waals surface area contributed by atoms with Crippen LogP contribution in [0.4, 0.5) is 0 Å². The normalized spacial score (nSPS) is 10.7. The summed E-state index contributed by atoms with van der Waals surface area (Å²) >= 11 is 3.03. The predicted molar refractivity (Wildman–Crippen MR) is 101 cm³/mol. The lowest BCUT2D eigenvalue weighted by molar-refractivity contribution is -0.119. The Morgan fingerprint density at radius 2 is 1.96 bits per heavy atom. The molecule has 1 heterocycles. The molecule has 0 aliphatic carbocycles. The first-order valence-corrected chi connectivity index (χ1v) is 9.63. The summed E-state index contributed by atoms with van der Waals surface area (Å²) in [4.78, 5) is 28.2. The van der Waals surface area contributed by atoms with Gasteiger partial charge in [0.15, 0.2) is 0 Å². The first-order valence-electron chi connectivity index (χ1n) is 7.76. The Bertz CT molecular complexity index is 684. The maximum Gasteiger partial charge on any atom is 0.255 e. The van der Waals surface area contributed by atoms with Gasteiger partial charge in [-0.1, -0.05) is 18.2 Å². The van der Waals surface area contributed by atoms with E-state index in [1.165, 1.54) is 11.8 Å². The average molecular weight is 363 g/mol. The summed E-state index contributed by atoms with van der Waals surface area (Å²) in [6.45, 7) is 4.45. The largest absolute Gasteiger partial charge is 0.353 e. The van der Waals surface area contributed by atoms with Gasteiger partial charge in [-0.15, -0.1) is 23.1 Å². The zero-order valence-corrected chi connectivity index (χ0v) is 15.7. The molecule has 1 N–H and O–H groups in total. The number of nitrogens with one attached hydrogen (secondary N) is 1. The molecule has 0 bridgehead atoms. The molecule has 128 valence electrons. The summed E-state index contributed by atoms with van der Waals surface area (Å²) < 4.78 is 0. The maximum absolute atomic E-state index is 12.7. The number of carbonyl (C=O) groups excluding carboxylic acids is 2. The van der Waals surface area contributed by atoms with Gasteiger partial charge in [-0.05, 0) is 37.4 Å². The molecular formula is C18H22N2O2S2. The second-order valence-corrected chi connectivity index (χ2v) is 7.80. The van der Waals surface area contributed by atoms with Crippen molar-refractivity contribution in [2.45, 2.75) is 31.3 Å². The molecule has 0 atom stereocenters. The van der Waals surface area contributed by atoms with E-state index in [9.17, 15) is 9.59 Å². The molecular weight excluding hydrogens is 340 g/mol. The summed E-state index contributed by atoms with van der Waals surface area (Å²) in [7, 11) is 1.80. The van der Waals surface area contributed by atoms with Crippen LogP contribution in [0.5, 0.6) is 0 Å². The summed E-state index contributed by atoms with van der Waals surface area (Å²) in [5.74, 6) is 0.247. The van der Waals surface area contributed by atoms with Crippen molar-refractivity contribution >= 4 is 34.9 Å². The van der Waals surface area contributed by atoms with Gasteiger partial charge in [0.1, 0.15) is 0 Å². The SMILES string of the molecule is CC(C)NC(=O)CSc1ccccc1C(=O)N(C)Cc1cccs1. The van der Waals surface area contributed by atoms with E-state index in [0.29, 0.717) is 17.9 Å². The van der Waals surface area contributed by atoms with E-state index in [1.54, 1.807) is 23.3 Å². The molecule has 0 aliphatic rings. The zero-order chi connectivity index (χ0) is 17.5. The number of carbonyl (C=O) groups is 2. The molecule has 0 fully saturated rings. The summed E-state index contributed by atoms with van der Waals surface area (Å²) in [6.07, 6.45) is 0. The Kier molecular flexibility index (Phi) is 6.87. The number of hydrogen-bond acceptors (Lipinski definition) is 4. The lowest BCUT2D eigenvalue weighted by Crippen LogP contribution is -2.31. The third-order valence-corrected chi connectivity index (χ3v) is 5.18. The van der Waals surface area contributed by atoms with Crippen LogP contribution in [-0.4, -0.2) is 35.6 Å². The molecule has 0 saturated heterocycles. The predicted octanol–water partition coefficient (Wildman–Crippen LogP) is 3.64. The molecule has 0 spiro atoms. The van der Waals surface area contributed by atoms with Gasteiger partial charge in [-0.3, -0.25) is 9.59 Å². The quantitative estimate of drug-likeness (QED) is 0.765. The monoisotopic (exact) mass is 362 g/mol. The van der Waals surface area contributed by atoms with Crippen LogP contribution in [0, 0.1) is 0 Å². The Hall–Kier alpha value is -1.79. The fourth-order valence-corrected chi connectivity index (χ4v) is 3.80. The van der Waals surface area contributed by atoms with Crippen molar-refractivity contribution in [1.29, 1.82) is 0 Å². The fraction of sp³-hybridized carbons (Fsp3) is 0.333. The molecule has 0 radical (unpaired) electrons. The number of thioether (sulfide) groups is 1. The van der Waals surface area contributed by atoms with Crippen molar-refractivity contribution in [3.63, 3.8) is 0 Å². The van der Waals surface area contributed by atoms with Crippen LogP contribution in [0.2, 0.25) is 0 Å². The fourth-order valence-electron chi connectivity index (χ4n) is 2.19. The first-order chi connectivity index (χ1) is 11.5. The lowest BCUT2D eigenvalue weighted by atomic mass is 10.2. The van der Waals surface area contributed by atoms with Crippen molar-refractivity contribution in [3.8, 4) is 0 Å². The van der Waals surface area contributed by atoms with Crippen LogP contribution in [0.15, 0.2) is 46.7 Å². The van der Waals surface area contributed by atoms with E-state index in [0.717, 1.165) is 9.77 Å². The standard InChI is InChI=1S/C18H22N2O2S2/c1-13(2)19-17(21)12-24-16-9-5-4-8-15(16)18(22)20(3)11-14-7-6-10-23-14/h4-10,13H,11-12H2,1-3H3,(H,19,21). The highest BCUT2D eigenvalue weighted by atomic mass is 32.2. The van der Waals surface area contributed by atoms with Crippen LogP contribution in [-0.2, 0) is 11.3 Å². The lowest BCUT2D eigenvalue weighted by Gasteiger charge is -2.18. The van der Waals surface area contributed by atoms with Crippen molar-refractivity contribution in [2.24, 2.45) is 0 Å². The number of benzene rings is 1. The molecule has 0 saturated carbocycles. The Morgan fingerprint density at radius 3 is 2.62 bits per heavy atom. The topological polar surface area (TPSA) is 49.4 Å². The molecule has 6 heteroatoms. The average Bonchev–Trinajstić information content (AvgIpc) is 3.04. The maximum atomic E-state index is 12.7. The highest BCUT2D eigenvalue weighted by Gasteiger charge is 2.17. The second kappa shape index (κ2) is 8.89. The molecule has 2 amide bonds. The molecule has 4 nitrogen and oxygen atoms in total. The minimum absolute atomic E-state index is 0.0239. The third kappa shape index (κ3) is 5.39. The van der Waals surface area contributed by atoms with Crippen molar-refractivity contribution in [2.75, 3.05) is 12.8 Å². The van der Waals surface area contributed by atoms with Gasteiger partial charge < -0.3 is 10.2 Å². The van der Waals surface area contributed by atoms with Crippen molar-refractivity contribution in [1.82, 2.24) is 10.2 Å². The van der Waals surface area contributed by atoms with Gasteiger partial charge in [0.2, 0.25) is 5.91 Å². The van der Waals surface area contributed by atoms with Gasteiger partial charge in [0.05, 0.1) is 17.9 Å². The van der Waals surface area contributed by atoms with Gasteiger partial charge >= 0.3 is 0 Å². The summed E-state index contributed by atoms with van der Waals surface area (Å²) in [5, 5.41) is 4.87. The molecule has 0 unspecified atom stereocenters. The van der Waals surface area contributed by atoms with Gasteiger partial charge in [0.25, 0.3) is 5.91 Å². The van der Waals surface area contributed by atoms with Crippen molar-refractivity contribution in [3.05, 3.63) is 52.2 Å². The van der Waals surface area contributed by atoms with Crippen LogP contribution in [0.3, 0.4) is 0 Å². The number of thiophene rings is 1. The number of amides is 2. The summed E-state index contributed by atoms with van der Waals surface area (Å²) in [5.41, 5.74) is 0.638. The molecule has 1 aromatic carbocycles. The van der Waals surface area contributed by atoms with Gasteiger partial charge in [-0.2, -0.15) is 0 Å². The molecule has 0 aliphatic heterocycles. The van der Waals surface area contributed by atoms with Crippen molar-refractivity contribution < 1.29 is 9.59 Å². The van der Waals surface area contributed by atoms with Gasteiger partial charge in [0, 0.05) is 22.9 Å². The Morgan fingerprint density at radius 1 is 1.21 bits per heavy atom. The Labute approximate surface area is 151 Å². The summed E-state index contributed by atoms with van der Waals surface area (Å²) in [6, 6.07) is 11.6. The first kappa shape index (κ1) is 18.5. The van der Waals surface area contributed by atoms with Gasteiger partial charge in [-0.25, -0.2) is 0 Å². The third-order valence-electron chi connectivity index (χ3n) is 3.25. The van der Waals surface area contributed by atoms with Crippen LogP contribution < -0.4 is 5.32 Å². The highest BCUT2D eigenvalue weighted by Crippen LogP contribution is 2.24. The van der Waals surface area contributed by atoms with Crippen LogP contribution in [0.1, 0.15) is 29.1 Å².